The number of carbonyl (C=O) groups excluding carboxylic acids is 1. The van der Waals surface area contributed by atoms with E-state index >= 15 is 0 Å². The van der Waals surface area contributed by atoms with Gasteiger partial charge < -0.3 is 10.1 Å². The molecule has 0 atom stereocenters. The smallest absolute Gasteiger partial charge is 0.264 e. The van der Waals surface area contributed by atoms with Crippen LogP contribution in [-0.4, -0.2) is 28.0 Å². The first-order valence-electron chi connectivity index (χ1n) is 9.50. The van der Waals surface area contributed by atoms with E-state index in [4.69, 9.17) is 16.3 Å². The SMILES string of the molecule is COc1ccc(Cl)cc1NC(=O)CN(c1cccc(C)c1)S(=O)(=O)c1ccc(C)cc1. The third-order valence-electron chi connectivity index (χ3n) is 4.62. The largest absolute Gasteiger partial charge is 0.495 e. The highest BCUT2D eigenvalue weighted by atomic mass is 35.5. The molecule has 0 fully saturated rings. The third-order valence-corrected chi connectivity index (χ3v) is 6.64. The molecule has 0 aliphatic carbocycles. The number of halogens is 1. The van der Waals surface area contributed by atoms with Gasteiger partial charge in [-0.15, -0.1) is 0 Å². The molecular weight excluding hydrogens is 436 g/mol. The summed E-state index contributed by atoms with van der Waals surface area (Å²) < 4.78 is 33.2. The summed E-state index contributed by atoms with van der Waals surface area (Å²) in [6, 6.07) is 18.3. The van der Waals surface area contributed by atoms with Crippen LogP contribution in [0.4, 0.5) is 11.4 Å². The molecule has 1 amide bonds. The fourth-order valence-corrected chi connectivity index (χ4v) is 4.62. The topological polar surface area (TPSA) is 75.7 Å². The van der Waals surface area contributed by atoms with Crippen LogP contribution in [-0.2, 0) is 14.8 Å². The van der Waals surface area contributed by atoms with Crippen LogP contribution in [0.15, 0.2) is 71.6 Å². The number of nitrogens with zero attached hydrogens (tertiary/aromatic N) is 1. The van der Waals surface area contributed by atoms with Crippen molar-refractivity contribution in [2.24, 2.45) is 0 Å². The second kappa shape index (κ2) is 9.41. The minimum atomic E-state index is -3.98. The molecule has 162 valence electrons. The van der Waals surface area contributed by atoms with Crippen molar-refractivity contribution in [1.29, 1.82) is 0 Å². The first kappa shape index (κ1) is 22.7. The number of nitrogens with one attached hydrogen (secondary N) is 1. The number of sulfonamides is 1. The van der Waals surface area contributed by atoms with Crippen molar-refractivity contribution in [2.45, 2.75) is 18.7 Å². The molecule has 0 saturated heterocycles. The number of anilines is 2. The van der Waals surface area contributed by atoms with Gasteiger partial charge in [-0.05, 0) is 61.9 Å². The molecule has 0 aromatic heterocycles. The summed E-state index contributed by atoms with van der Waals surface area (Å²) in [6.07, 6.45) is 0. The molecule has 3 aromatic rings. The van der Waals surface area contributed by atoms with E-state index in [1.54, 1.807) is 48.5 Å². The minimum Gasteiger partial charge on any atom is -0.495 e. The summed E-state index contributed by atoms with van der Waals surface area (Å²) in [5.41, 5.74) is 2.57. The molecule has 0 unspecified atom stereocenters. The van der Waals surface area contributed by atoms with Crippen LogP contribution in [0.2, 0.25) is 5.02 Å². The summed E-state index contributed by atoms with van der Waals surface area (Å²) in [5.74, 6) is -0.112. The Morgan fingerprint density at radius 1 is 1.00 bits per heavy atom. The summed E-state index contributed by atoms with van der Waals surface area (Å²) in [7, 11) is -2.51. The zero-order valence-corrected chi connectivity index (χ0v) is 19.0. The standard InChI is InChI=1S/C23H23ClN2O4S/c1-16-7-10-20(11-8-16)31(28,29)26(19-6-4-5-17(2)13-19)15-23(27)25-21-14-18(24)9-12-22(21)30-3/h4-14H,15H2,1-3H3,(H,25,27). The molecule has 0 spiro atoms. The van der Waals surface area contributed by atoms with Crippen LogP contribution in [0, 0.1) is 13.8 Å². The molecule has 0 aliphatic heterocycles. The molecule has 0 radical (unpaired) electrons. The Morgan fingerprint density at radius 2 is 1.71 bits per heavy atom. The highest BCUT2D eigenvalue weighted by molar-refractivity contribution is 7.92. The Balaban J connectivity index is 1.97. The molecule has 6 nitrogen and oxygen atoms in total. The predicted octanol–water partition coefficient (Wildman–Crippen LogP) is 4.80. The number of methoxy groups -OCH3 is 1. The molecular formula is C23H23ClN2O4S. The molecule has 31 heavy (non-hydrogen) atoms. The van der Waals surface area contributed by atoms with Gasteiger partial charge in [0.1, 0.15) is 12.3 Å². The summed E-state index contributed by atoms with van der Waals surface area (Å²) in [4.78, 5) is 13.0. The summed E-state index contributed by atoms with van der Waals surface area (Å²) >= 11 is 6.03. The van der Waals surface area contributed by atoms with Gasteiger partial charge in [-0.2, -0.15) is 0 Å². The van der Waals surface area contributed by atoms with Gasteiger partial charge in [0.25, 0.3) is 10.0 Å². The van der Waals surface area contributed by atoms with Crippen molar-refractivity contribution in [3.05, 3.63) is 82.9 Å². The van der Waals surface area contributed by atoms with Gasteiger partial charge in [0, 0.05) is 5.02 Å². The van der Waals surface area contributed by atoms with Crippen LogP contribution < -0.4 is 14.4 Å². The van der Waals surface area contributed by atoms with Crippen molar-refractivity contribution in [3.8, 4) is 5.75 Å². The average Bonchev–Trinajstić information content (AvgIpc) is 2.72. The van der Waals surface area contributed by atoms with E-state index in [9.17, 15) is 13.2 Å². The molecule has 1 N–H and O–H groups in total. The van der Waals surface area contributed by atoms with Crippen LogP contribution in [0.1, 0.15) is 11.1 Å². The monoisotopic (exact) mass is 458 g/mol. The predicted molar refractivity (Wildman–Crippen MR) is 124 cm³/mol. The lowest BCUT2D eigenvalue weighted by atomic mass is 10.2. The molecule has 3 aromatic carbocycles. The van der Waals surface area contributed by atoms with E-state index in [0.717, 1.165) is 15.4 Å². The third kappa shape index (κ3) is 5.37. The van der Waals surface area contributed by atoms with Crippen LogP contribution >= 0.6 is 11.6 Å². The van der Waals surface area contributed by atoms with Gasteiger partial charge >= 0.3 is 0 Å². The van der Waals surface area contributed by atoms with Gasteiger partial charge in [0.15, 0.2) is 0 Å². The van der Waals surface area contributed by atoms with Gasteiger partial charge in [-0.1, -0.05) is 41.4 Å². The lowest BCUT2D eigenvalue weighted by Gasteiger charge is -2.24. The number of benzene rings is 3. The Morgan fingerprint density at radius 3 is 2.35 bits per heavy atom. The van der Waals surface area contributed by atoms with E-state index in [1.807, 2.05) is 19.9 Å². The number of rotatable bonds is 7. The number of hydrogen-bond donors (Lipinski definition) is 1. The van der Waals surface area contributed by atoms with E-state index in [-0.39, 0.29) is 4.90 Å². The van der Waals surface area contributed by atoms with E-state index in [2.05, 4.69) is 5.32 Å². The van der Waals surface area contributed by atoms with Crippen LogP contribution in [0.3, 0.4) is 0 Å². The number of ether oxygens (including phenoxy) is 1. The first-order valence-corrected chi connectivity index (χ1v) is 11.3. The molecule has 0 aliphatic rings. The van der Waals surface area contributed by atoms with E-state index in [0.29, 0.717) is 22.1 Å². The second-order valence-electron chi connectivity index (χ2n) is 7.06. The number of hydrogen-bond acceptors (Lipinski definition) is 4. The number of carbonyl (C=O) groups is 1. The van der Waals surface area contributed by atoms with Gasteiger partial charge in [0.2, 0.25) is 5.91 Å². The van der Waals surface area contributed by atoms with Crippen molar-refractivity contribution in [1.82, 2.24) is 0 Å². The van der Waals surface area contributed by atoms with Gasteiger partial charge in [-0.3, -0.25) is 9.10 Å². The second-order valence-corrected chi connectivity index (χ2v) is 9.36. The maximum absolute atomic E-state index is 13.4. The van der Waals surface area contributed by atoms with Crippen molar-refractivity contribution >= 4 is 38.9 Å². The number of amides is 1. The lowest BCUT2D eigenvalue weighted by molar-refractivity contribution is -0.114. The summed E-state index contributed by atoms with van der Waals surface area (Å²) in [5, 5.41) is 3.11. The molecule has 3 rings (SSSR count). The minimum absolute atomic E-state index is 0.104. The maximum atomic E-state index is 13.4. The molecule has 0 bridgehead atoms. The zero-order valence-electron chi connectivity index (χ0n) is 17.4. The highest BCUT2D eigenvalue weighted by Crippen LogP contribution is 2.29. The normalized spacial score (nSPS) is 11.1. The van der Waals surface area contributed by atoms with Gasteiger partial charge in [0.05, 0.1) is 23.4 Å². The maximum Gasteiger partial charge on any atom is 0.264 e. The highest BCUT2D eigenvalue weighted by Gasteiger charge is 2.27. The van der Waals surface area contributed by atoms with Crippen LogP contribution in [0.25, 0.3) is 0 Å². The quantitative estimate of drug-likeness (QED) is 0.551. The Labute approximate surface area is 187 Å². The fraction of sp³-hybridized carbons (Fsp3) is 0.174. The van der Waals surface area contributed by atoms with Gasteiger partial charge in [-0.25, -0.2) is 8.42 Å². The lowest BCUT2D eigenvalue weighted by Crippen LogP contribution is -2.38. The van der Waals surface area contributed by atoms with Crippen molar-refractivity contribution in [3.63, 3.8) is 0 Å². The van der Waals surface area contributed by atoms with E-state index < -0.39 is 22.5 Å². The Bertz CT molecular complexity index is 1190. The van der Waals surface area contributed by atoms with E-state index in [1.165, 1.54) is 19.2 Å². The Kier molecular flexibility index (Phi) is 6.87. The van der Waals surface area contributed by atoms with Crippen molar-refractivity contribution in [2.75, 3.05) is 23.3 Å². The summed E-state index contributed by atoms with van der Waals surface area (Å²) in [6.45, 7) is 3.31. The average molecular weight is 459 g/mol. The molecule has 0 heterocycles. The number of aryl methyl sites for hydroxylation is 2. The first-order chi connectivity index (χ1) is 14.7. The van der Waals surface area contributed by atoms with Crippen LogP contribution in [0.5, 0.6) is 5.75 Å². The zero-order chi connectivity index (χ0) is 22.6. The fourth-order valence-electron chi connectivity index (χ4n) is 3.03. The van der Waals surface area contributed by atoms with Crippen molar-refractivity contribution < 1.29 is 17.9 Å². The Hall–Kier alpha value is -3.03. The molecule has 0 saturated carbocycles. The molecule has 8 heteroatoms.